The zero-order valence-electron chi connectivity index (χ0n) is 66.8. The Hall–Kier alpha value is -12.4. The van der Waals surface area contributed by atoms with E-state index in [1.165, 1.54) is 27.5 Å². The summed E-state index contributed by atoms with van der Waals surface area (Å²) >= 11 is 0. The molecule has 514 valence electrons. The first-order chi connectivity index (χ1) is 54.0. The maximum Gasteiger partial charge on any atom is 0.252 e. The molecule has 0 spiro atoms. The molecule has 2 aliphatic heterocycles. The van der Waals surface area contributed by atoms with Crippen LogP contribution in [0.15, 0.2) is 340 Å². The minimum atomic E-state index is -0.461. The van der Waals surface area contributed by atoms with E-state index in [0.717, 1.165) is 150 Å². The number of benzene rings is 15. The summed E-state index contributed by atoms with van der Waals surface area (Å²) in [5.74, 6) is 0. The lowest BCUT2D eigenvalue weighted by molar-refractivity contribution is 0.590. The lowest BCUT2D eigenvalue weighted by Crippen LogP contribution is -2.61. The van der Waals surface area contributed by atoms with Gasteiger partial charge in [-0.15, -0.1) is 0 Å². The number of anilines is 6. The van der Waals surface area contributed by atoms with E-state index >= 15 is 0 Å². The van der Waals surface area contributed by atoms with E-state index in [-0.39, 0.29) is 46.0 Å². The molecule has 0 amide bonds. The summed E-state index contributed by atoms with van der Waals surface area (Å²) in [5.41, 5.74) is 29.5. The Morgan fingerprint density at radius 1 is 0.271 bits per heavy atom. The number of hydrogen-bond donors (Lipinski definition) is 0. The molecule has 17 aromatic rings. The van der Waals surface area contributed by atoms with Gasteiger partial charge in [0, 0.05) is 72.5 Å². The predicted octanol–water partition coefficient (Wildman–Crippen LogP) is 25.9. The molecule has 107 heavy (non-hydrogen) atoms. The molecule has 0 N–H and O–H groups in total. The number of para-hydroxylation sites is 2. The molecule has 0 bridgehead atoms. The van der Waals surface area contributed by atoms with Crippen molar-refractivity contribution in [3.8, 4) is 78.1 Å². The highest BCUT2D eigenvalue weighted by Crippen LogP contribution is 2.55. The van der Waals surface area contributed by atoms with Crippen molar-refractivity contribution in [2.75, 3.05) is 9.80 Å². The van der Waals surface area contributed by atoms with Crippen molar-refractivity contribution in [3.63, 3.8) is 0 Å². The fourth-order valence-corrected chi connectivity index (χ4v) is 17.0. The lowest BCUT2D eigenvalue weighted by atomic mass is 9.33. The summed E-state index contributed by atoms with van der Waals surface area (Å²) in [5, 5.41) is 4.62. The number of nitrogens with zero attached hydrogens (tertiary/aromatic N) is 4. The van der Waals surface area contributed by atoms with Crippen molar-refractivity contribution in [2.24, 2.45) is 0 Å². The largest absolute Gasteiger partial charge is 0.311 e. The lowest BCUT2D eigenvalue weighted by Gasteiger charge is -2.45. The first-order valence-electron chi connectivity index (χ1n) is 39.9. The van der Waals surface area contributed by atoms with E-state index in [1.54, 1.807) is 0 Å². The fraction of sp³-hybridized carbons (Fsp3) is 0.118. The minimum absolute atomic E-state index is 0.113. The highest BCUT2D eigenvalue weighted by Gasteiger charge is 2.46. The molecule has 0 unspecified atom stereocenters. The van der Waals surface area contributed by atoms with E-state index in [9.17, 15) is 5.48 Å². The maximum absolute atomic E-state index is 9.67. The van der Waals surface area contributed by atoms with Gasteiger partial charge >= 0.3 is 0 Å². The average Bonchev–Trinajstić information content (AvgIpc) is 0.711. The van der Waals surface area contributed by atoms with E-state index < -0.39 is 12.8 Å². The van der Waals surface area contributed by atoms with Crippen LogP contribution in [0.2, 0.25) is 0 Å². The van der Waals surface area contributed by atoms with Gasteiger partial charge in [0.2, 0.25) is 0 Å². The monoisotopic (exact) mass is 1380 g/mol. The summed E-state index contributed by atoms with van der Waals surface area (Å²) in [6, 6.07) is 112. The van der Waals surface area contributed by atoms with Crippen LogP contribution in [-0.4, -0.2) is 15.8 Å². The number of hydrogen-bond acceptors (Lipinski definition) is 2. The van der Waals surface area contributed by atoms with Crippen molar-refractivity contribution in [1.29, 1.82) is 0 Å². The third kappa shape index (κ3) is 11.0. The molecule has 2 aliphatic rings. The van der Waals surface area contributed by atoms with E-state index in [0.29, 0.717) is 5.56 Å². The van der Waals surface area contributed by atoms with Gasteiger partial charge in [0.25, 0.3) is 6.71 Å². The van der Waals surface area contributed by atoms with E-state index in [4.69, 9.17) is 1.37 Å². The van der Waals surface area contributed by atoms with Gasteiger partial charge in [-0.2, -0.15) is 0 Å². The molecule has 4 nitrogen and oxygen atoms in total. The zero-order valence-corrected chi connectivity index (χ0v) is 61.8. The number of rotatable bonds is 10. The van der Waals surface area contributed by atoms with Crippen molar-refractivity contribution in [2.45, 2.75) is 78.6 Å². The Balaban J connectivity index is 1.02. The third-order valence-corrected chi connectivity index (χ3v) is 22.4. The first-order valence-corrected chi connectivity index (χ1v) is 37.4. The smallest absolute Gasteiger partial charge is 0.252 e. The quantitative estimate of drug-likeness (QED) is 0.127. The predicted molar refractivity (Wildman–Crippen MR) is 458 cm³/mol. The molecule has 15 aromatic carbocycles. The SMILES string of the molecule is [2H]c1c([2H])c([2H])c(-c2ccc3c(c2)N(c2cc(-c4ccccc4)cc(-c4ccccc4)c2)c2cc(-c4cccc5c4c4ccccc4n5-c4ccccc4)cc4c2B3c2ccc(-n3c5ccc(C(C)(C)C)cc5c5cc(C(C)(C)C)ccc53)cc2N4c2c(-c3ccccc3)cc(C(C)(C)C)cc2-c2ccccc2)c([2H])c1[2H]. The van der Waals surface area contributed by atoms with Gasteiger partial charge in [-0.3, -0.25) is 0 Å². The Morgan fingerprint density at radius 3 is 1.30 bits per heavy atom. The Morgan fingerprint density at radius 2 is 0.738 bits per heavy atom. The highest BCUT2D eigenvalue weighted by atomic mass is 15.2. The van der Waals surface area contributed by atoms with Crippen molar-refractivity contribution in [3.05, 3.63) is 356 Å². The molecule has 2 aromatic heterocycles. The molecule has 0 saturated carbocycles. The van der Waals surface area contributed by atoms with Gasteiger partial charge in [0.05, 0.1) is 34.6 Å². The Kier molecular flexibility index (Phi) is 14.1. The van der Waals surface area contributed by atoms with Crippen LogP contribution >= 0.6 is 0 Å². The standard InChI is InChI=1S/C102H83BN4/c1-100(2,3)75-48-53-90-85(61-75)86-62-76(101(4,5)6)49-54-91(86)105(90)79-50-52-88-94(65-79)107(99-83(69-37-22-13-23-38-69)63-77(102(7,8)9)64-84(99)70-39-24-14-25-40-70)96-60-74(81-44-30-46-92-97(81)82-43-28-29-45-89(82)104(92)78-41-26-15-27-42-78)59-95-98(96)103(88)87-51-47-71(66-31-16-10-17-32-66)58-93(87)106(95)80-56-72(67-33-18-11-19-34-67)55-73(57-80)68-35-20-12-21-36-68/h10-65H,1-9H3/i10D,16D,17D,31D,32D. The van der Waals surface area contributed by atoms with Gasteiger partial charge in [0.15, 0.2) is 0 Å². The summed E-state index contributed by atoms with van der Waals surface area (Å²) in [4.78, 5) is 5.08. The highest BCUT2D eigenvalue weighted by molar-refractivity contribution is 7.00. The number of fused-ring (bicyclic) bond motifs is 10. The topological polar surface area (TPSA) is 16.3 Å². The van der Waals surface area contributed by atoms with Crippen LogP contribution in [0.5, 0.6) is 0 Å². The molecule has 0 atom stereocenters. The first kappa shape index (κ1) is 59.9. The molecular formula is C102H83BN4. The molecule has 19 rings (SSSR count). The maximum atomic E-state index is 9.67. The third-order valence-electron chi connectivity index (χ3n) is 22.4. The average molecular weight is 1380 g/mol. The molecule has 0 aliphatic carbocycles. The van der Waals surface area contributed by atoms with Crippen LogP contribution in [0.3, 0.4) is 0 Å². The molecular weight excluding hydrogens is 1290 g/mol. The van der Waals surface area contributed by atoms with Crippen LogP contribution < -0.4 is 26.2 Å². The summed E-state index contributed by atoms with van der Waals surface area (Å²) in [6.45, 7) is 20.3. The van der Waals surface area contributed by atoms with Crippen LogP contribution in [0.1, 0.15) is 85.9 Å². The Labute approximate surface area is 635 Å². The second kappa shape index (κ2) is 25.1. The van der Waals surface area contributed by atoms with Crippen molar-refractivity contribution < 1.29 is 6.85 Å². The second-order valence-corrected chi connectivity index (χ2v) is 32.1. The van der Waals surface area contributed by atoms with Crippen LogP contribution in [-0.2, 0) is 16.2 Å². The molecule has 0 radical (unpaired) electrons. The van der Waals surface area contributed by atoms with Crippen LogP contribution in [0.25, 0.3) is 122 Å². The summed E-state index contributed by atoms with van der Waals surface area (Å²) < 4.78 is 51.4. The van der Waals surface area contributed by atoms with Crippen molar-refractivity contribution >= 4 is 101 Å². The van der Waals surface area contributed by atoms with Gasteiger partial charge in [-0.05, 0) is 214 Å². The second-order valence-electron chi connectivity index (χ2n) is 32.1. The van der Waals surface area contributed by atoms with Gasteiger partial charge in [-0.1, -0.05) is 293 Å². The van der Waals surface area contributed by atoms with Crippen LogP contribution in [0.4, 0.5) is 34.1 Å². The molecule has 4 heterocycles. The summed E-state index contributed by atoms with van der Waals surface area (Å²) in [7, 11) is 0. The van der Waals surface area contributed by atoms with Crippen LogP contribution in [0, 0.1) is 0 Å². The van der Waals surface area contributed by atoms with E-state index in [2.05, 4.69) is 385 Å². The fourth-order valence-electron chi connectivity index (χ4n) is 17.0. The zero-order chi connectivity index (χ0) is 77.0. The normalized spacial score (nSPS) is 13.5. The molecule has 0 fully saturated rings. The Bertz CT molecular complexity index is 6470. The molecule has 5 heteroatoms. The minimum Gasteiger partial charge on any atom is -0.311 e. The van der Waals surface area contributed by atoms with Gasteiger partial charge in [-0.25, -0.2) is 0 Å². The summed E-state index contributed by atoms with van der Waals surface area (Å²) in [6.07, 6.45) is 0. The van der Waals surface area contributed by atoms with Gasteiger partial charge in [0.1, 0.15) is 0 Å². The van der Waals surface area contributed by atoms with E-state index in [1.807, 2.05) is 6.07 Å². The van der Waals surface area contributed by atoms with Gasteiger partial charge < -0.3 is 18.9 Å². The van der Waals surface area contributed by atoms with Crippen molar-refractivity contribution in [1.82, 2.24) is 9.13 Å². The number of aromatic nitrogens is 2. The molecule has 0 saturated heterocycles.